The van der Waals surface area contributed by atoms with Crippen LogP contribution >= 0.6 is 0 Å². The van der Waals surface area contributed by atoms with Crippen LogP contribution < -0.4 is 10.5 Å². The van der Waals surface area contributed by atoms with Crippen molar-refractivity contribution in [3.8, 4) is 5.75 Å². The Balaban J connectivity index is 2.29. The third kappa shape index (κ3) is 2.67. The molecule has 4 nitrogen and oxygen atoms in total. The molecule has 1 amide bonds. The molecule has 0 saturated carbocycles. The largest absolute Gasteiger partial charge is 0.496 e. The minimum Gasteiger partial charge on any atom is -0.496 e. The molecule has 0 aromatic heterocycles. The van der Waals surface area contributed by atoms with E-state index >= 15 is 0 Å². The van der Waals surface area contributed by atoms with Gasteiger partial charge in [-0.05, 0) is 37.8 Å². The number of likely N-dealkylation sites (tertiary alicyclic amines) is 1. The van der Waals surface area contributed by atoms with Crippen LogP contribution in [0.15, 0.2) is 18.2 Å². The molecule has 0 bridgehead atoms. The highest BCUT2D eigenvalue weighted by molar-refractivity contribution is 6.02. The molecule has 2 rings (SSSR count). The summed E-state index contributed by atoms with van der Waals surface area (Å²) in [6, 6.07) is 5.57. The second-order valence-electron chi connectivity index (χ2n) is 5.40. The fourth-order valence-corrected chi connectivity index (χ4v) is 2.80. The average Bonchev–Trinajstić information content (AvgIpc) is 2.37. The summed E-state index contributed by atoms with van der Waals surface area (Å²) < 4.78 is 5.27. The predicted molar refractivity (Wildman–Crippen MR) is 76.3 cm³/mol. The normalized spacial score (nSPS) is 23.2. The van der Waals surface area contributed by atoms with Crippen LogP contribution in [0.3, 0.4) is 0 Å². The van der Waals surface area contributed by atoms with Gasteiger partial charge in [-0.15, -0.1) is 0 Å². The average molecular weight is 262 g/mol. The topological polar surface area (TPSA) is 55.6 Å². The van der Waals surface area contributed by atoms with Gasteiger partial charge < -0.3 is 15.4 Å². The molecule has 1 heterocycles. The maximum Gasteiger partial charge on any atom is 0.259 e. The minimum atomic E-state index is -0.0191. The lowest BCUT2D eigenvalue weighted by molar-refractivity contribution is 0.0586. The molecule has 19 heavy (non-hydrogen) atoms. The number of benzene rings is 1. The summed E-state index contributed by atoms with van der Waals surface area (Å²) in [4.78, 5) is 14.6. The number of nitrogens with zero attached hydrogens (tertiary/aromatic N) is 1. The zero-order chi connectivity index (χ0) is 14.0. The Labute approximate surface area is 114 Å². The molecule has 1 aromatic rings. The lowest BCUT2D eigenvalue weighted by Gasteiger charge is -2.37. The van der Waals surface area contributed by atoms with E-state index in [0.717, 1.165) is 19.4 Å². The van der Waals surface area contributed by atoms with Gasteiger partial charge in [-0.3, -0.25) is 4.79 Å². The van der Waals surface area contributed by atoms with E-state index in [-0.39, 0.29) is 11.9 Å². The summed E-state index contributed by atoms with van der Waals surface area (Å²) in [6.07, 6.45) is 2.09. The van der Waals surface area contributed by atoms with Gasteiger partial charge in [-0.2, -0.15) is 0 Å². The summed E-state index contributed by atoms with van der Waals surface area (Å²) in [5.41, 5.74) is 6.92. The molecular weight excluding hydrogens is 240 g/mol. The first-order chi connectivity index (χ1) is 9.04. The maximum absolute atomic E-state index is 12.7. The molecular formula is C15H22N2O2. The van der Waals surface area contributed by atoms with Gasteiger partial charge in [-0.1, -0.05) is 13.0 Å². The monoisotopic (exact) mass is 262 g/mol. The summed E-state index contributed by atoms with van der Waals surface area (Å²) in [6.45, 7) is 5.12. The number of anilines is 1. The molecule has 0 aliphatic carbocycles. The second-order valence-corrected chi connectivity index (χ2v) is 5.40. The maximum atomic E-state index is 12.7. The van der Waals surface area contributed by atoms with Crippen molar-refractivity contribution in [3.05, 3.63) is 23.8 Å². The number of amides is 1. The first kappa shape index (κ1) is 13.7. The Bertz CT molecular complexity index is 473. The van der Waals surface area contributed by atoms with E-state index in [2.05, 4.69) is 13.8 Å². The molecule has 1 aromatic carbocycles. The van der Waals surface area contributed by atoms with E-state index in [0.29, 0.717) is 22.9 Å². The van der Waals surface area contributed by atoms with Gasteiger partial charge in [0, 0.05) is 18.3 Å². The van der Waals surface area contributed by atoms with Gasteiger partial charge in [0.25, 0.3) is 5.91 Å². The molecule has 1 aliphatic rings. The third-order valence-corrected chi connectivity index (χ3v) is 3.89. The molecule has 1 fully saturated rings. The van der Waals surface area contributed by atoms with Crippen LogP contribution in [0.2, 0.25) is 0 Å². The predicted octanol–water partition coefficient (Wildman–Crippen LogP) is 2.54. The van der Waals surface area contributed by atoms with Crippen molar-refractivity contribution in [2.45, 2.75) is 32.7 Å². The van der Waals surface area contributed by atoms with Crippen LogP contribution in [0, 0.1) is 5.92 Å². The summed E-state index contributed by atoms with van der Waals surface area (Å²) in [5.74, 6) is 1.21. The van der Waals surface area contributed by atoms with Crippen LogP contribution in [0.4, 0.5) is 5.69 Å². The van der Waals surface area contributed by atoms with Crippen molar-refractivity contribution < 1.29 is 9.53 Å². The van der Waals surface area contributed by atoms with Gasteiger partial charge in [0.15, 0.2) is 0 Å². The zero-order valence-corrected chi connectivity index (χ0v) is 11.8. The molecule has 2 unspecified atom stereocenters. The number of nitrogens with two attached hydrogens (primary N) is 1. The smallest absolute Gasteiger partial charge is 0.259 e. The van der Waals surface area contributed by atoms with Gasteiger partial charge in [0.1, 0.15) is 11.3 Å². The van der Waals surface area contributed by atoms with Gasteiger partial charge in [0.2, 0.25) is 0 Å². The lowest BCUT2D eigenvalue weighted by atomic mass is 9.92. The number of hydrogen-bond donors (Lipinski definition) is 1. The van der Waals surface area contributed by atoms with Crippen molar-refractivity contribution in [2.75, 3.05) is 19.4 Å². The quantitative estimate of drug-likeness (QED) is 0.833. The SMILES string of the molecule is COc1cccc(N)c1C(=O)N1CCC(C)CC1C. The third-order valence-electron chi connectivity index (χ3n) is 3.89. The number of methoxy groups -OCH3 is 1. The lowest BCUT2D eigenvalue weighted by Crippen LogP contribution is -2.44. The number of ether oxygens (including phenoxy) is 1. The highest BCUT2D eigenvalue weighted by atomic mass is 16.5. The van der Waals surface area contributed by atoms with E-state index in [1.807, 2.05) is 4.90 Å². The van der Waals surface area contributed by atoms with Crippen LogP contribution in [0.25, 0.3) is 0 Å². The summed E-state index contributed by atoms with van der Waals surface area (Å²) >= 11 is 0. The Kier molecular flexibility index (Phi) is 3.98. The van der Waals surface area contributed by atoms with Crippen molar-refractivity contribution in [1.29, 1.82) is 0 Å². The van der Waals surface area contributed by atoms with Crippen molar-refractivity contribution in [1.82, 2.24) is 4.90 Å². The van der Waals surface area contributed by atoms with Gasteiger partial charge >= 0.3 is 0 Å². The van der Waals surface area contributed by atoms with Crippen LogP contribution in [-0.2, 0) is 0 Å². The summed E-state index contributed by atoms with van der Waals surface area (Å²) in [7, 11) is 1.56. The Hall–Kier alpha value is -1.71. The van der Waals surface area contributed by atoms with E-state index < -0.39 is 0 Å². The second kappa shape index (κ2) is 5.51. The number of rotatable bonds is 2. The fraction of sp³-hybridized carbons (Fsp3) is 0.533. The summed E-state index contributed by atoms with van der Waals surface area (Å²) in [5, 5.41) is 0. The van der Waals surface area contributed by atoms with E-state index in [4.69, 9.17) is 10.5 Å². The molecule has 0 spiro atoms. The first-order valence-corrected chi connectivity index (χ1v) is 6.78. The van der Waals surface area contributed by atoms with Crippen molar-refractivity contribution in [3.63, 3.8) is 0 Å². The van der Waals surface area contributed by atoms with Crippen molar-refractivity contribution >= 4 is 11.6 Å². The zero-order valence-electron chi connectivity index (χ0n) is 11.8. The Morgan fingerprint density at radius 2 is 2.16 bits per heavy atom. The van der Waals surface area contributed by atoms with E-state index in [1.165, 1.54) is 0 Å². The van der Waals surface area contributed by atoms with Crippen LogP contribution in [-0.4, -0.2) is 30.5 Å². The standard InChI is InChI=1S/C15H22N2O2/c1-10-7-8-17(11(2)9-10)15(18)14-12(16)5-4-6-13(14)19-3/h4-6,10-11H,7-9,16H2,1-3H3. The number of nitrogen functional groups attached to an aromatic ring is 1. The molecule has 4 heteroatoms. The van der Waals surface area contributed by atoms with E-state index in [1.54, 1.807) is 25.3 Å². The number of carbonyl (C=O) groups is 1. The molecule has 104 valence electrons. The minimum absolute atomic E-state index is 0.0191. The van der Waals surface area contributed by atoms with Gasteiger partial charge in [-0.25, -0.2) is 0 Å². The van der Waals surface area contributed by atoms with Crippen molar-refractivity contribution in [2.24, 2.45) is 5.92 Å². The number of piperidine rings is 1. The molecule has 1 aliphatic heterocycles. The first-order valence-electron chi connectivity index (χ1n) is 6.78. The molecule has 0 radical (unpaired) electrons. The molecule has 1 saturated heterocycles. The molecule has 2 atom stereocenters. The Morgan fingerprint density at radius 1 is 1.42 bits per heavy atom. The molecule has 2 N–H and O–H groups in total. The highest BCUT2D eigenvalue weighted by Crippen LogP contribution is 2.29. The van der Waals surface area contributed by atoms with Crippen LogP contribution in [0.1, 0.15) is 37.0 Å². The number of hydrogen-bond acceptors (Lipinski definition) is 3. The highest BCUT2D eigenvalue weighted by Gasteiger charge is 2.29. The fourth-order valence-electron chi connectivity index (χ4n) is 2.80. The Morgan fingerprint density at radius 3 is 2.79 bits per heavy atom. The number of carbonyl (C=O) groups excluding carboxylic acids is 1. The van der Waals surface area contributed by atoms with E-state index in [9.17, 15) is 4.79 Å². The van der Waals surface area contributed by atoms with Crippen LogP contribution in [0.5, 0.6) is 5.75 Å². The van der Waals surface area contributed by atoms with Gasteiger partial charge in [0.05, 0.1) is 7.11 Å².